The maximum absolute atomic E-state index is 11.8. The predicted molar refractivity (Wildman–Crippen MR) is 83.8 cm³/mol. The molecule has 0 bridgehead atoms. The molecule has 0 aliphatic rings. The molecule has 0 spiro atoms. The number of sulfone groups is 1. The van der Waals surface area contributed by atoms with E-state index >= 15 is 0 Å². The number of aromatic nitrogens is 4. The van der Waals surface area contributed by atoms with Crippen LogP contribution >= 0.6 is 12.2 Å². The van der Waals surface area contributed by atoms with Gasteiger partial charge in [0.2, 0.25) is 10.7 Å². The van der Waals surface area contributed by atoms with E-state index in [1.807, 2.05) is 0 Å². The molecule has 0 aliphatic carbocycles. The van der Waals surface area contributed by atoms with E-state index in [0.29, 0.717) is 11.4 Å². The van der Waals surface area contributed by atoms with Crippen LogP contribution in [0.1, 0.15) is 6.42 Å². The number of carbonyl (C=O) groups is 1. The summed E-state index contributed by atoms with van der Waals surface area (Å²) < 4.78 is 24.3. The minimum absolute atomic E-state index is 0.149. The summed E-state index contributed by atoms with van der Waals surface area (Å²) >= 11 is 4.99. The van der Waals surface area contributed by atoms with Gasteiger partial charge in [0.1, 0.15) is 0 Å². The minimum atomic E-state index is -3.39. The van der Waals surface area contributed by atoms with Crippen LogP contribution in [0.15, 0.2) is 36.3 Å². The van der Waals surface area contributed by atoms with E-state index in [1.54, 1.807) is 24.3 Å². The number of nitrogens with one attached hydrogen (secondary N) is 2. The van der Waals surface area contributed by atoms with Gasteiger partial charge in [0, 0.05) is 17.5 Å². The Morgan fingerprint density at radius 3 is 2.91 bits per heavy atom. The fraction of sp³-hybridized carbons (Fsp3) is 0.167. The summed E-state index contributed by atoms with van der Waals surface area (Å²) in [6, 6.07) is 6.81. The molecule has 2 rings (SSSR count). The van der Waals surface area contributed by atoms with Crippen molar-refractivity contribution in [3.8, 4) is 5.69 Å². The summed E-state index contributed by atoms with van der Waals surface area (Å²) in [5.41, 5.74) is 1.15. The second kappa shape index (κ2) is 6.62. The standard InChI is InChI=1S/C12H13N5O3S2/c1-2-22(19,20)7-6-11(18)13-9-4-3-5-10(8-9)17-12(21)14-15-16-17/h2-5,8H,1,6-7H2,(H,13,18)(H,14,16,21). The van der Waals surface area contributed by atoms with Crippen LogP contribution in [-0.4, -0.2) is 40.3 Å². The quantitative estimate of drug-likeness (QED) is 0.766. The second-order valence-electron chi connectivity index (χ2n) is 4.30. The molecule has 0 radical (unpaired) electrons. The third kappa shape index (κ3) is 4.09. The van der Waals surface area contributed by atoms with Crippen molar-refractivity contribution in [2.75, 3.05) is 11.1 Å². The van der Waals surface area contributed by atoms with Crippen LogP contribution in [0.2, 0.25) is 0 Å². The molecule has 0 fully saturated rings. The molecule has 0 saturated heterocycles. The van der Waals surface area contributed by atoms with Crippen LogP contribution in [0.3, 0.4) is 0 Å². The van der Waals surface area contributed by atoms with Crippen molar-refractivity contribution in [2.24, 2.45) is 0 Å². The molecule has 1 amide bonds. The van der Waals surface area contributed by atoms with Gasteiger partial charge in [-0.05, 0) is 30.4 Å². The average Bonchev–Trinajstić information content (AvgIpc) is 2.92. The number of hydrogen-bond acceptors (Lipinski definition) is 6. The Morgan fingerprint density at radius 1 is 1.50 bits per heavy atom. The van der Waals surface area contributed by atoms with Gasteiger partial charge >= 0.3 is 0 Å². The third-order valence-corrected chi connectivity index (χ3v) is 4.27. The average molecular weight is 339 g/mol. The van der Waals surface area contributed by atoms with Crippen LogP contribution in [0.4, 0.5) is 5.69 Å². The van der Waals surface area contributed by atoms with Gasteiger partial charge in [-0.25, -0.2) is 13.1 Å². The molecule has 1 aromatic carbocycles. The van der Waals surface area contributed by atoms with Crippen molar-refractivity contribution < 1.29 is 13.2 Å². The number of carbonyl (C=O) groups excluding carboxylic acids is 1. The van der Waals surface area contributed by atoms with E-state index in [-0.39, 0.29) is 16.9 Å². The zero-order chi connectivity index (χ0) is 16.2. The first-order valence-electron chi connectivity index (χ1n) is 6.17. The van der Waals surface area contributed by atoms with Crippen LogP contribution < -0.4 is 5.32 Å². The number of rotatable bonds is 6. The molecule has 0 atom stereocenters. The van der Waals surface area contributed by atoms with Crippen LogP contribution in [0, 0.1) is 4.77 Å². The van der Waals surface area contributed by atoms with E-state index in [4.69, 9.17) is 12.2 Å². The smallest absolute Gasteiger partial charge is 0.242 e. The second-order valence-corrected chi connectivity index (χ2v) is 6.73. The molecule has 0 unspecified atom stereocenters. The summed E-state index contributed by atoms with van der Waals surface area (Å²) in [6.45, 7) is 3.20. The molecular weight excluding hydrogens is 326 g/mol. The van der Waals surface area contributed by atoms with Gasteiger partial charge in [-0.15, -0.1) is 0 Å². The largest absolute Gasteiger partial charge is 0.326 e. The molecule has 2 aromatic rings. The van der Waals surface area contributed by atoms with E-state index in [1.165, 1.54) is 4.68 Å². The Hall–Kier alpha value is -2.33. The van der Waals surface area contributed by atoms with Crippen molar-refractivity contribution in [1.29, 1.82) is 0 Å². The van der Waals surface area contributed by atoms with Crippen LogP contribution in [0.5, 0.6) is 0 Å². The summed E-state index contributed by atoms with van der Waals surface area (Å²) in [5, 5.41) is 13.3. The summed E-state index contributed by atoms with van der Waals surface area (Å²) in [4.78, 5) is 11.8. The molecule has 10 heteroatoms. The maximum atomic E-state index is 11.8. The Kier molecular flexibility index (Phi) is 4.83. The lowest BCUT2D eigenvalue weighted by molar-refractivity contribution is -0.115. The van der Waals surface area contributed by atoms with E-state index in [2.05, 4.69) is 27.4 Å². The van der Waals surface area contributed by atoms with Gasteiger partial charge in [0.15, 0.2) is 9.84 Å². The summed E-state index contributed by atoms with van der Waals surface area (Å²) in [7, 11) is -3.39. The fourth-order valence-electron chi connectivity index (χ4n) is 1.63. The Morgan fingerprint density at radius 2 is 2.27 bits per heavy atom. The lowest BCUT2D eigenvalue weighted by Gasteiger charge is -2.07. The Labute approximate surface area is 131 Å². The molecule has 1 heterocycles. The third-order valence-electron chi connectivity index (χ3n) is 2.73. The zero-order valence-electron chi connectivity index (χ0n) is 11.4. The van der Waals surface area contributed by atoms with Crippen molar-refractivity contribution >= 4 is 33.6 Å². The fourth-order valence-corrected chi connectivity index (χ4v) is 2.45. The number of tetrazole rings is 1. The monoisotopic (exact) mass is 339 g/mol. The van der Waals surface area contributed by atoms with Crippen LogP contribution in [0.25, 0.3) is 5.69 Å². The Balaban J connectivity index is 2.08. The van der Waals surface area contributed by atoms with Gasteiger partial charge in [-0.3, -0.25) is 4.79 Å². The lowest BCUT2D eigenvalue weighted by atomic mass is 10.2. The summed E-state index contributed by atoms with van der Waals surface area (Å²) in [5.74, 6) is -0.689. The number of H-pyrrole nitrogens is 1. The number of amides is 1. The van der Waals surface area contributed by atoms with Gasteiger partial charge in [-0.2, -0.15) is 5.21 Å². The highest BCUT2D eigenvalue weighted by Crippen LogP contribution is 2.14. The Bertz CT molecular complexity index is 853. The molecule has 2 N–H and O–H groups in total. The first-order chi connectivity index (χ1) is 10.4. The predicted octanol–water partition coefficient (Wildman–Crippen LogP) is 1.21. The molecular formula is C12H13N5O3S2. The van der Waals surface area contributed by atoms with E-state index in [9.17, 15) is 13.2 Å². The normalized spacial score (nSPS) is 11.1. The van der Waals surface area contributed by atoms with Gasteiger partial charge < -0.3 is 5.32 Å². The molecule has 8 nitrogen and oxygen atoms in total. The highest BCUT2D eigenvalue weighted by atomic mass is 32.2. The topological polar surface area (TPSA) is 110 Å². The number of anilines is 1. The van der Waals surface area contributed by atoms with Crippen molar-refractivity contribution in [1.82, 2.24) is 20.2 Å². The van der Waals surface area contributed by atoms with Crippen LogP contribution in [-0.2, 0) is 14.6 Å². The molecule has 0 aliphatic heterocycles. The number of aromatic amines is 1. The van der Waals surface area contributed by atoms with Gasteiger partial charge in [0.05, 0.1) is 11.4 Å². The highest BCUT2D eigenvalue weighted by molar-refractivity contribution is 7.94. The minimum Gasteiger partial charge on any atom is -0.326 e. The van der Waals surface area contributed by atoms with Crippen molar-refractivity contribution in [3.63, 3.8) is 0 Å². The van der Waals surface area contributed by atoms with E-state index in [0.717, 1.165) is 5.41 Å². The molecule has 1 aromatic heterocycles. The zero-order valence-corrected chi connectivity index (χ0v) is 13.0. The molecule has 116 valence electrons. The number of nitrogens with zero attached hydrogens (tertiary/aromatic N) is 3. The number of benzene rings is 1. The SMILES string of the molecule is C=CS(=O)(=O)CCC(=O)Nc1cccc(-n2[nH]nnc2=S)c1. The first kappa shape index (κ1) is 16.0. The highest BCUT2D eigenvalue weighted by Gasteiger charge is 2.10. The van der Waals surface area contributed by atoms with Crippen molar-refractivity contribution in [3.05, 3.63) is 41.0 Å². The van der Waals surface area contributed by atoms with Crippen molar-refractivity contribution in [2.45, 2.75) is 6.42 Å². The number of hydrogen-bond donors (Lipinski definition) is 2. The molecule has 0 saturated carbocycles. The van der Waals surface area contributed by atoms with E-state index < -0.39 is 15.7 Å². The maximum Gasteiger partial charge on any atom is 0.242 e. The first-order valence-corrected chi connectivity index (χ1v) is 8.29. The molecule has 22 heavy (non-hydrogen) atoms. The summed E-state index contributed by atoms with van der Waals surface area (Å²) in [6.07, 6.45) is -0.149. The van der Waals surface area contributed by atoms with Gasteiger partial charge in [0.25, 0.3) is 0 Å². The lowest BCUT2D eigenvalue weighted by Crippen LogP contribution is -2.16. The van der Waals surface area contributed by atoms with Gasteiger partial charge in [-0.1, -0.05) is 23.0 Å².